The molecule has 1 aliphatic carbocycles. The van der Waals surface area contributed by atoms with Crippen molar-refractivity contribution in [1.29, 1.82) is 0 Å². The molecule has 0 saturated heterocycles. The van der Waals surface area contributed by atoms with E-state index < -0.39 is 0 Å². The van der Waals surface area contributed by atoms with Crippen LogP contribution in [-0.4, -0.2) is 14.7 Å². The summed E-state index contributed by atoms with van der Waals surface area (Å²) in [5.74, 6) is 0. The Bertz CT molecular complexity index is 1160. The highest BCUT2D eigenvalue weighted by Crippen LogP contribution is 2.38. The number of nitrogens with two attached hydrogens (primary N) is 1. The Kier molecular flexibility index (Phi) is 6.22. The summed E-state index contributed by atoms with van der Waals surface area (Å²) >= 11 is 0. The van der Waals surface area contributed by atoms with Crippen LogP contribution in [0.25, 0.3) is 16.7 Å². The molecule has 1 fully saturated rings. The SMILES string of the molecule is C=C1C=C(C(N)=C2CC2)C=CN1/C(C)=C(\CCC)c1ccccc1-c1cnn(CC)c1C. The Morgan fingerprint density at radius 3 is 2.53 bits per heavy atom. The van der Waals surface area contributed by atoms with E-state index in [9.17, 15) is 0 Å². The molecule has 0 atom stereocenters. The van der Waals surface area contributed by atoms with Crippen molar-refractivity contribution in [2.45, 2.75) is 59.9 Å². The molecular weight excluding hydrogens is 392 g/mol. The average molecular weight is 427 g/mol. The zero-order valence-corrected chi connectivity index (χ0v) is 19.8. The fraction of sp³-hybridized carbons (Fsp3) is 0.321. The first-order chi connectivity index (χ1) is 15.5. The molecule has 4 rings (SSSR count). The lowest BCUT2D eigenvalue weighted by molar-refractivity contribution is 0.589. The molecule has 1 aliphatic heterocycles. The van der Waals surface area contributed by atoms with Gasteiger partial charge in [0.1, 0.15) is 0 Å². The van der Waals surface area contributed by atoms with E-state index in [-0.39, 0.29) is 0 Å². The van der Waals surface area contributed by atoms with Gasteiger partial charge in [-0.3, -0.25) is 4.68 Å². The van der Waals surface area contributed by atoms with Gasteiger partial charge in [0.15, 0.2) is 0 Å². The minimum atomic E-state index is 0.872. The number of benzene rings is 1. The third-order valence-electron chi connectivity index (χ3n) is 6.47. The molecule has 2 aliphatic rings. The predicted molar refractivity (Wildman–Crippen MR) is 134 cm³/mol. The second-order valence-electron chi connectivity index (χ2n) is 8.61. The van der Waals surface area contributed by atoms with E-state index >= 15 is 0 Å². The van der Waals surface area contributed by atoms with Crippen molar-refractivity contribution < 1.29 is 0 Å². The summed E-state index contributed by atoms with van der Waals surface area (Å²) < 4.78 is 2.06. The Morgan fingerprint density at radius 2 is 1.91 bits per heavy atom. The zero-order chi connectivity index (χ0) is 22.8. The lowest BCUT2D eigenvalue weighted by Crippen LogP contribution is -2.18. The minimum Gasteiger partial charge on any atom is -0.398 e. The maximum atomic E-state index is 6.33. The number of rotatable bonds is 7. The van der Waals surface area contributed by atoms with Crippen LogP contribution < -0.4 is 5.73 Å². The maximum Gasteiger partial charge on any atom is 0.0571 e. The van der Waals surface area contributed by atoms with Crippen LogP contribution in [0, 0.1) is 6.92 Å². The van der Waals surface area contributed by atoms with Gasteiger partial charge in [-0.25, -0.2) is 0 Å². The van der Waals surface area contributed by atoms with Crippen LogP contribution in [0.4, 0.5) is 0 Å². The number of aromatic nitrogens is 2. The summed E-state index contributed by atoms with van der Waals surface area (Å²) in [6, 6.07) is 8.69. The van der Waals surface area contributed by atoms with E-state index in [0.29, 0.717) is 0 Å². The number of allylic oxidation sites excluding steroid dienone is 5. The molecular formula is C28H34N4. The Hall–Kier alpha value is -3.27. The molecule has 1 aromatic heterocycles. The standard InChI is InChI=1S/C28H34N4/c1-6-10-24(20(4)31-16-15-23(17-19(31)3)28(29)22-13-14-22)25-11-8-9-12-26(25)27-18-30-32(7-2)21(27)5/h8-9,11-12,15-18H,3,6-7,10,13-14,29H2,1-2,4-5H3/b24-20+. The van der Waals surface area contributed by atoms with Gasteiger partial charge in [0.25, 0.3) is 0 Å². The van der Waals surface area contributed by atoms with Crippen molar-refractivity contribution in [2.24, 2.45) is 5.73 Å². The summed E-state index contributed by atoms with van der Waals surface area (Å²) in [7, 11) is 0. The summed E-state index contributed by atoms with van der Waals surface area (Å²) in [5.41, 5.74) is 18.1. The van der Waals surface area contributed by atoms with Gasteiger partial charge in [0.2, 0.25) is 0 Å². The second-order valence-corrected chi connectivity index (χ2v) is 8.61. The summed E-state index contributed by atoms with van der Waals surface area (Å²) in [5, 5.41) is 4.59. The van der Waals surface area contributed by atoms with Crippen molar-refractivity contribution in [3.8, 4) is 11.1 Å². The molecule has 0 radical (unpaired) electrons. The van der Waals surface area contributed by atoms with Crippen LogP contribution >= 0.6 is 0 Å². The molecule has 32 heavy (non-hydrogen) atoms. The number of nitrogens with zero attached hydrogens (tertiary/aromatic N) is 3. The lowest BCUT2D eigenvalue weighted by Gasteiger charge is -2.29. The molecule has 2 heterocycles. The smallest absolute Gasteiger partial charge is 0.0571 e. The topological polar surface area (TPSA) is 47.1 Å². The fourth-order valence-electron chi connectivity index (χ4n) is 4.50. The van der Waals surface area contributed by atoms with E-state index in [0.717, 1.165) is 49.2 Å². The second kappa shape index (κ2) is 9.07. The molecule has 0 spiro atoms. The van der Waals surface area contributed by atoms with Crippen molar-refractivity contribution in [2.75, 3.05) is 0 Å². The normalized spacial score (nSPS) is 16.2. The zero-order valence-electron chi connectivity index (χ0n) is 19.8. The van der Waals surface area contributed by atoms with Gasteiger partial charge in [-0.2, -0.15) is 5.10 Å². The van der Waals surface area contributed by atoms with Gasteiger partial charge in [-0.05, 0) is 74.5 Å². The molecule has 0 amide bonds. The number of aryl methyl sites for hydroxylation is 1. The molecule has 2 N–H and O–H groups in total. The largest absolute Gasteiger partial charge is 0.398 e. The van der Waals surface area contributed by atoms with Crippen LogP contribution in [0.5, 0.6) is 0 Å². The monoisotopic (exact) mass is 426 g/mol. The van der Waals surface area contributed by atoms with Gasteiger partial charge >= 0.3 is 0 Å². The van der Waals surface area contributed by atoms with E-state index in [4.69, 9.17) is 5.73 Å². The molecule has 4 nitrogen and oxygen atoms in total. The van der Waals surface area contributed by atoms with Crippen molar-refractivity contribution in [3.63, 3.8) is 0 Å². The average Bonchev–Trinajstić information content (AvgIpc) is 3.59. The van der Waals surface area contributed by atoms with Gasteiger partial charge in [-0.1, -0.05) is 44.2 Å². The van der Waals surface area contributed by atoms with Crippen LogP contribution in [-0.2, 0) is 6.54 Å². The molecule has 1 saturated carbocycles. The summed E-state index contributed by atoms with van der Waals surface area (Å²) in [4.78, 5) is 2.19. The first-order valence-electron chi connectivity index (χ1n) is 11.6. The van der Waals surface area contributed by atoms with Crippen LogP contribution in [0.2, 0.25) is 0 Å². The summed E-state index contributed by atoms with van der Waals surface area (Å²) in [6.07, 6.45) is 12.6. The highest BCUT2D eigenvalue weighted by molar-refractivity contribution is 5.83. The fourth-order valence-corrected chi connectivity index (χ4v) is 4.50. The molecule has 0 bridgehead atoms. The van der Waals surface area contributed by atoms with Crippen molar-refractivity contribution in [1.82, 2.24) is 14.7 Å². The third-order valence-corrected chi connectivity index (χ3v) is 6.47. The highest BCUT2D eigenvalue weighted by Gasteiger charge is 2.22. The quantitative estimate of drug-likeness (QED) is 0.537. The van der Waals surface area contributed by atoms with E-state index in [1.165, 1.54) is 39.2 Å². The molecule has 2 aromatic rings. The molecule has 1 aromatic carbocycles. The molecule has 0 unspecified atom stereocenters. The van der Waals surface area contributed by atoms with Gasteiger partial charge in [0.05, 0.1) is 6.20 Å². The molecule has 4 heteroatoms. The number of hydrogen-bond acceptors (Lipinski definition) is 3. The number of hydrogen-bond donors (Lipinski definition) is 1. The van der Waals surface area contributed by atoms with E-state index in [1.807, 2.05) is 6.20 Å². The predicted octanol–water partition coefficient (Wildman–Crippen LogP) is 6.69. The Labute approximate surface area is 192 Å². The maximum absolute atomic E-state index is 6.33. The van der Waals surface area contributed by atoms with Gasteiger partial charge in [-0.15, -0.1) is 0 Å². The van der Waals surface area contributed by atoms with Gasteiger partial charge in [0, 0.05) is 46.7 Å². The van der Waals surface area contributed by atoms with E-state index in [2.05, 4.69) is 91.6 Å². The van der Waals surface area contributed by atoms with Gasteiger partial charge < -0.3 is 10.6 Å². The molecule has 166 valence electrons. The first kappa shape index (κ1) is 21.9. The summed E-state index contributed by atoms with van der Waals surface area (Å²) in [6.45, 7) is 13.9. The third kappa shape index (κ3) is 4.10. The lowest BCUT2D eigenvalue weighted by atomic mass is 9.91. The Morgan fingerprint density at radius 1 is 1.16 bits per heavy atom. The Balaban J connectivity index is 1.76. The van der Waals surface area contributed by atoms with Crippen molar-refractivity contribution in [3.05, 3.63) is 94.9 Å². The van der Waals surface area contributed by atoms with Crippen LogP contribution in [0.15, 0.2) is 83.6 Å². The van der Waals surface area contributed by atoms with E-state index in [1.54, 1.807) is 0 Å². The minimum absolute atomic E-state index is 0.872. The van der Waals surface area contributed by atoms with Crippen molar-refractivity contribution >= 4 is 5.57 Å². The van der Waals surface area contributed by atoms with Crippen LogP contribution in [0.3, 0.4) is 0 Å². The first-order valence-corrected chi connectivity index (χ1v) is 11.6. The highest BCUT2D eigenvalue weighted by atomic mass is 15.3. The van der Waals surface area contributed by atoms with Crippen LogP contribution in [0.1, 0.15) is 57.7 Å².